The Hall–Kier alpha value is -3.48. The van der Waals surface area contributed by atoms with Crippen molar-refractivity contribution in [2.24, 2.45) is 5.92 Å². The zero-order valence-electron chi connectivity index (χ0n) is 17.3. The Kier molecular flexibility index (Phi) is 5.84. The second-order valence-corrected chi connectivity index (χ2v) is 8.05. The van der Waals surface area contributed by atoms with Crippen molar-refractivity contribution in [2.75, 3.05) is 11.5 Å². The van der Waals surface area contributed by atoms with Gasteiger partial charge in [0.2, 0.25) is 0 Å². The Bertz CT molecular complexity index is 996. The zero-order chi connectivity index (χ0) is 22.0. The van der Waals surface area contributed by atoms with E-state index in [2.05, 4.69) is 12.2 Å². The predicted octanol–water partition coefficient (Wildman–Crippen LogP) is 3.34. The fourth-order valence-electron chi connectivity index (χ4n) is 4.16. The number of nitrogens with one attached hydrogen (secondary N) is 1. The van der Waals surface area contributed by atoms with Gasteiger partial charge in [-0.15, -0.1) is 0 Å². The number of carbonyl (C=O) groups is 4. The molecule has 0 aromatic heterocycles. The number of anilines is 1. The van der Waals surface area contributed by atoms with Gasteiger partial charge in [-0.25, -0.2) is 9.69 Å². The van der Waals surface area contributed by atoms with Crippen molar-refractivity contribution in [3.8, 4) is 0 Å². The summed E-state index contributed by atoms with van der Waals surface area (Å²) in [6.07, 6.45) is 4.30. The molecular formula is C24H24N2O5. The molecule has 0 unspecified atom stereocenters. The SMILES string of the molecule is C[C@H]1CCCC[C@H]1NC(=O)COC(=O)c1ccc(N2C(=O)c3ccccc3C2=O)cc1. The van der Waals surface area contributed by atoms with E-state index in [9.17, 15) is 19.2 Å². The molecule has 3 amide bonds. The molecule has 1 aliphatic carbocycles. The molecule has 1 aliphatic heterocycles. The van der Waals surface area contributed by atoms with E-state index in [1.54, 1.807) is 24.3 Å². The first-order valence-corrected chi connectivity index (χ1v) is 10.5. The van der Waals surface area contributed by atoms with Crippen LogP contribution in [0.5, 0.6) is 0 Å². The van der Waals surface area contributed by atoms with E-state index in [4.69, 9.17) is 4.74 Å². The number of esters is 1. The quantitative estimate of drug-likeness (QED) is 0.592. The topological polar surface area (TPSA) is 92.8 Å². The third-order valence-electron chi connectivity index (χ3n) is 5.95. The highest BCUT2D eigenvalue weighted by Crippen LogP contribution is 2.28. The third-order valence-corrected chi connectivity index (χ3v) is 5.95. The lowest BCUT2D eigenvalue weighted by molar-refractivity contribution is -0.125. The molecule has 2 aliphatic rings. The molecule has 0 spiro atoms. The number of hydrogen-bond donors (Lipinski definition) is 1. The normalized spacial score (nSPS) is 20.4. The predicted molar refractivity (Wildman–Crippen MR) is 114 cm³/mol. The smallest absolute Gasteiger partial charge is 0.338 e. The van der Waals surface area contributed by atoms with Crippen LogP contribution in [-0.4, -0.2) is 36.3 Å². The van der Waals surface area contributed by atoms with Crippen LogP contribution < -0.4 is 10.2 Å². The summed E-state index contributed by atoms with van der Waals surface area (Å²) in [5, 5.41) is 2.94. The molecule has 31 heavy (non-hydrogen) atoms. The van der Waals surface area contributed by atoms with Crippen molar-refractivity contribution in [1.82, 2.24) is 5.32 Å². The first kappa shape index (κ1) is 20.8. The number of rotatable bonds is 5. The lowest BCUT2D eigenvalue weighted by atomic mass is 9.86. The van der Waals surface area contributed by atoms with Gasteiger partial charge in [0.05, 0.1) is 22.4 Å². The van der Waals surface area contributed by atoms with Gasteiger partial charge < -0.3 is 10.1 Å². The van der Waals surface area contributed by atoms with Gasteiger partial charge in [0, 0.05) is 6.04 Å². The van der Waals surface area contributed by atoms with Crippen LogP contribution in [0, 0.1) is 5.92 Å². The zero-order valence-corrected chi connectivity index (χ0v) is 17.3. The molecular weight excluding hydrogens is 396 g/mol. The Labute approximate surface area is 180 Å². The van der Waals surface area contributed by atoms with E-state index in [1.807, 2.05) is 0 Å². The van der Waals surface area contributed by atoms with Crippen molar-refractivity contribution in [1.29, 1.82) is 0 Å². The average Bonchev–Trinajstić information content (AvgIpc) is 3.04. The maximum absolute atomic E-state index is 12.6. The van der Waals surface area contributed by atoms with Crippen molar-refractivity contribution < 1.29 is 23.9 Å². The van der Waals surface area contributed by atoms with Crippen LogP contribution in [0.15, 0.2) is 48.5 Å². The molecule has 4 rings (SSSR count). The summed E-state index contributed by atoms with van der Waals surface area (Å²) in [5.74, 6) is -1.33. The molecule has 2 aromatic rings. The minimum absolute atomic E-state index is 0.124. The number of benzene rings is 2. The number of amides is 3. The van der Waals surface area contributed by atoms with Gasteiger partial charge in [0.1, 0.15) is 0 Å². The molecule has 160 valence electrons. The summed E-state index contributed by atoms with van der Waals surface area (Å²) < 4.78 is 5.13. The Balaban J connectivity index is 1.35. The molecule has 7 heteroatoms. The fourth-order valence-corrected chi connectivity index (χ4v) is 4.16. The molecule has 0 saturated heterocycles. The Morgan fingerprint density at radius 2 is 1.58 bits per heavy atom. The minimum Gasteiger partial charge on any atom is -0.452 e. The largest absolute Gasteiger partial charge is 0.452 e. The highest BCUT2D eigenvalue weighted by atomic mass is 16.5. The first-order chi connectivity index (χ1) is 15.0. The van der Waals surface area contributed by atoms with E-state index in [0.717, 1.165) is 24.2 Å². The Morgan fingerprint density at radius 1 is 0.968 bits per heavy atom. The highest BCUT2D eigenvalue weighted by Gasteiger charge is 2.36. The fraction of sp³-hybridized carbons (Fsp3) is 0.333. The van der Waals surface area contributed by atoms with Crippen LogP contribution in [0.1, 0.15) is 63.7 Å². The Morgan fingerprint density at radius 3 is 2.19 bits per heavy atom. The molecule has 1 heterocycles. The van der Waals surface area contributed by atoms with Crippen molar-refractivity contribution >= 4 is 29.4 Å². The van der Waals surface area contributed by atoms with Gasteiger partial charge in [-0.2, -0.15) is 0 Å². The van der Waals surface area contributed by atoms with Gasteiger partial charge in [0.15, 0.2) is 6.61 Å². The van der Waals surface area contributed by atoms with Gasteiger partial charge in [-0.1, -0.05) is 31.9 Å². The van der Waals surface area contributed by atoms with Crippen LogP contribution in [0.3, 0.4) is 0 Å². The molecule has 1 fully saturated rings. The summed E-state index contributed by atoms with van der Waals surface area (Å²) >= 11 is 0. The van der Waals surface area contributed by atoms with Crippen LogP contribution in [0.2, 0.25) is 0 Å². The number of nitrogens with zero attached hydrogens (tertiary/aromatic N) is 1. The number of hydrogen-bond acceptors (Lipinski definition) is 5. The number of imide groups is 1. The summed E-state index contributed by atoms with van der Waals surface area (Å²) in [6.45, 7) is 1.77. The lowest BCUT2D eigenvalue weighted by Crippen LogP contribution is -2.42. The molecule has 0 radical (unpaired) electrons. The van der Waals surface area contributed by atoms with Crippen molar-refractivity contribution in [3.05, 3.63) is 65.2 Å². The van der Waals surface area contributed by atoms with Crippen LogP contribution in [0.25, 0.3) is 0 Å². The van der Waals surface area contributed by atoms with E-state index >= 15 is 0 Å². The average molecular weight is 420 g/mol. The third kappa shape index (κ3) is 4.21. The summed E-state index contributed by atoms with van der Waals surface area (Å²) in [6, 6.07) is 12.7. The minimum atomic E-state index is -0.638. The summed E-state index contributed by atoms with van der Waals surface area (Å²) in [7, 11) is 0. The van der Waals surface area contributed by atoms with Gasteiger partial charge in [-0.05, 0) is 55.2 Å². The maximum Gasteiger partial charge on any atom is 0.338 e. The van der Waals surface area contributed by atoms with Crippen LogP contribution >= 0.6 is 0 Å². The molecule has 1 saturated carbocycles. The molecule has 0 bridgehead atoms. The standard InChI is InChI=1S/C24H24N2O5/c1-15-6-2-5-9-20(15)25-21(27)14-31-24(30)16-10-12-17(13-11-16)26-22(28)18-7-3-4-8-19(18)23(26)29/h3-4,7-8,10-13,15,20H,2,5-6,9,14H2,1H3,(H,25,27)/t15-,20+/m0/s1. The van der Waals surface area contributed by atoms with Crippen LogP contribution in [-0.2, 0) is 9.53 Å². The lowest BCUT2D eigenvalue weighted by Gasteiger charge is -2.29. The first-order valence-electron chi connectivity index (χ1n) is 10.5. The van der Waals surface area contributed by atoms with Crippen LogP contribution in [0.4, 0.5) is 5.69 Å². The number of carbonyl (C=O) groups excluding carboxylic acids is 4. The second-order valence-electron chi connectivity index (χ2n) is 8.05. The monoisotopic (exact) mass is 420 g/mol. The molecule has 1 N–H and O–H groups in total. The van der Waals surface area contributed by atoms with Gasteiger partial charge in [-0.3, -0.25) is 14.4 Å². The van der Waals surface area contributed by atoms with E-state index < -0.39 is 17.8 Å². The highest BCUT2D eigenvalue weighted by molar-refractivity contribution is 6.34. The van der Waals surface area contributed by atoms with E-state index in [1.165, 1.54) is 30.7 Å². The molecule has 7 nitrogen and oxygen atoms in total. The van der Waals surface area contributed by atoms with Crippen molar-refractivity contribution in [2.45, 2.75) is 38.6 Å². The van der Waals surface area contributed by atoms with E-state index in [0.29, 0.717) is 22.7 Å². The number of ether oxygens (including phenoxy) is 1. The number of fused-ring (bicyclic) bond motifs is 1. The summed E-state index contributed by atoms with van der Waals surface area (Å²) in [4.78, 5) is 50.6. The van der Waals surface area contributed by atoms with Gasteiger partial charge in [0.25, 0.3) is 17.7 Å². The molecule has 2 atom stereocenters. The van der Waals surface area contributed by atoms with Crippen molar-refractivity contribution in [3.63, 3.8) is 0 Å². The van der Waals surface area contributed by atoms with E-state index in [-0.39, 0.29) is 24.1 Å². The summed E-state index contributed by atoms with van der Waals surface area (Å²) in [5.41, 5.74) is 1.31. The second kappa shape index (κ2) is 8.71. The maximum atomic E-state index is 12.6. The van der Waals surface area contributed by atoms with Gasteiger partial charge >= 0.3 is 5.97 Å². The molecule has 2 aromatic carbocycles.